The van der Waals surface area contributed by atoms with Crippen LogP contribution < -0.4 is 18.8 Å². The molecule has 84 valence electrons. The van der Waals surface area contributed by atoms with Gasteiger partial charge in [-0.25, -0.2) is 0 Å². The Labute approximate surface area is 87.8 Å². The topological polar surface area (TPSA) is 87.8 Å². The molecular formula is C8H11NO5S. The van der Waals surface area contributed by atoms with E-state index in [4.69, 9.17) is 14.6 Å². The third kappa shape index (κ3) is 3.00. The lowest BCUT2D eigenvalue weighted by molar-refractivity contribution is 0.360. The van der Waals surface area contributed by atoms with Gasteiger partial charge < -0.3 is 13.7 Å². The van der Waals surface area contributed by atoms with E-state index in [1.54, 1.807) is 6.07 Å². The van der Waals surface area contributed by atoms with Crippen LogP contribution in [-0.2, 0) is 10.3 Å². The highest BCUT2D eigenvalue weighted by molar-refractivity contribution is 7.84. The Morgan fingerprint density at radius 3 is 1.93 bits per heavy atom. The van der Waals surface area contributed by atoms with Gasteiger partial charge in [0.25, 0.3) is 0 Å². The Morgan fingerprint density at radius 1 is 1.13 bits per heavy atom. The average molecular weight is 233 g/mol. The van der Waals surface area contributed by atoms with Crippen molar-refractivity contribution in [2.75, 3.05) is 14.2 Å². The van der Waals surface area contributed by atoms with E-state index in [0.717, 1.165) is 0 Å². The number of rotatable bonds is 4. The highest BCUT2D eigenvalue weighted by atomic mass is 32.2. The number of ether oxygens (including phenoxy) is 2. The molecular weight excluding hydrogens is 222 g/mol. The molecule has 0 saturated carbocycles. The number of para-hydroxylation sites is 1. The van der Waals surface area contributed by atoms with Crippen LogP contribution in [-0.4, -0.2) is 22.6 Å². The lowest BCUT2D eigenvalue weighted by atomic mass is 10.3. The van der Waals surface area contributed by atoms with Gasteiger partial charge in [0.1, 0.15) is 0 Å². The van der Waals surface area contributed by atoms with Crippen LogP contribution >= 0.6 is 0 Å². The quantitative estimate of drug-likeness (QED) is 0.807. The molecule has 1 aromatic carbocycles. The highest BCUT2D eigenvalue weighted by Gasteiger charge is 2.16. The minimum absolute atomic E-state index is 0.0648. The van der Waals surface area contributed by atoms with Gasteiger partial charge in [0.05, 0.1) is 14.2 Å². The molecule has 0 heterocycles. The molecule has 0 aromatic heterocycles. The zero-order valence-electron chi connectivity index (χ0n) is 8.26. The van der Waals surface area contributed by atoms with E-state index in [9.17, 15) is 8.42 Å². The van der Waals surface area contributed by atoms with Gasteiger partial charge in [-0.1, -0.05) is 6.07 Å². The fourth-order valence-electron chi connectivity index (χ4n) is 1.02. The van der Waals surface area contributed by atoms with Crippen molar-refractivity contribution in [3.63, 3.8) is 0 Å². The lowest BCUT2D eigenvalue weighted by Crippen LogP contribution is -2.19. The third-order valence-electron chi connectivity index (χ3n) is 1.58. The molecule has 2 N–H and O–H groups in total. The molecule has 0 bridgehead atoms. The molecule has 6 nitrogen and oxygen atoms in total. The molecule has 0 spiro atoms. The maximum atomic E-state index is 10.8. The van der Waals surface area contributed by atoms with Gasteiger partial charge in [-0.05, 0) is 12.1 Å². The van der Waals surface area contributed by atoms with Crippen LogP contribution in [0.1, 0.15) is 0 Å². The standard InChI is InChI=1S/C8H11NO5S/c1-12-6-4-3-5-7(13-2)8(6)14-15(9,10)11/h3-5H,1-2H3,(H2,9,10,11). The summed E-state index contributed by atoms with van der Waals surface area (Å²) in [5.74, 6) is 0.386. The van der Waals surface area contributed by atoms with Crippen molar-refractivity contribution >= 4 is 10.3 Å². The predicted octanol–water partition coefficient (Wildman–Crippen LogP) is 0.286. The molecule has 0 aliphatic rings. The molecule has 1 aromatic rings. The first-order chi connectivity index (χ1) is 6.98. The minimum Gasteiger partial charge on any atom is -0.493 e. The van der Waals surface area contributed by atoms with Gasteiger partial charge >= 0.3 is 10.3 Å². The maximum Gasteiger partial charge on any atom is 0.380 e. The number of hydrogen-bond acceptors (Lipinski definition) is 5. The molecule has 0 aliphatic heterocycles. The summed E-state index contributed by atoms with van der Waals surface area (Å²) in [7, 11) is -1.34. The second-order valence-electron chi connectivity index (χ2n) is 2.57. The number of benzene rings is 1. The summed E-state index contributed by atoms with van der Waals surface area (Å²) in [6.45, 7) is 0. The Kier molecular flexibility index (Phi) is 3.38. The van der Waals surface area contributed by atoms with E-state index in [2.05, 4.69) is 4.18 Å². The van der Waals surface area contributed by atoms with Crippen LogP contribution in [0.3, 0.4) is 0 Å². The zero-order chi connectivity index (χ0) is 11.5. The van der Waals surface area contributed by atoms with Crippen molar-refractivity contribution in [3.8, 4) is 17.2 Å². The minimum atomic E-state index is -4.10. The van der Waals surface area contributed by atoms with E-state index in [0.29, 0.717) is 0 Å². The fraction of sp³-hybridized carbons (Fsp3) is 0.250. The van der Waals surface area contributed by atoms with Crippen LogP contribution in [0.2, 0.25) is 0 Å². The first-order valence-electron chi connectivity index (χ1n) is 3.91. The van der Waals surface area contributed by atoms with E-state index in [-0.39, 0.29) is 17.2 Å². The lowest BCUT2D eigenvalue weighted by Gasteiger charge is -2.11. The molecule has 1 rings (SSSR count). The van der Waals surface area contributed by atoms with Gasteiger partial charge in [-0.2, -0.15) is 13.6 Å². The molecule has 0 unspecified atom stereocenters. The number of methoxy groups -OCH3 is 2. The summed E-state index contributed by atoms with van der Waals surface area (Å²) in [5.41, 5.74) is 0. The van der Waals surface area contributed by atoms with Crippen LogP contribution in [0, 0.1) is 0 Å². The van der Waals surface area contributed by atoms with Crippen LogP contribution in [0.5, 0.6) is 17.2 Å². The van der Waals surface area contributed by atoms with Crippen molar-refractivity contribution in [1.82, 2.24) is 0 Å². The highest BCUT2D eigenvalue weighted by Crippen LogP contribution is 2.37. The second-order valence-corrected chi connectivity index (χ2v) is 3.72. The van der Waals surface area contributed by atoms with E-state index >= 15 is 0 Å². The normalized spacial score (nSPS) is 10.9. The van der Waals surface area contributed by atoms with Crippen molar-refractivity contribution < 1.29 is 22.1 Å². The average Bonchev–Trinajstić information content (AvgIpc) is 2.16. The van der Waals surface area contributed by atoms with E-state index in [1.165, 1.54) is 26.4 Å². The SMILES string of the molecule is COc1cccc(OC)c1OS(N)(=O)=O. The maximum absolute atomic E-state index is 10.8. The molecule has 0 aliphatic carbocycles. The first kappa shape index (κ1) is 11.6. The summed E-state index contributed by atoms with van der Waals surface area (Å²) in [6.07, 6.45) is 0. The van der Waals surface area contributed by atoms with Crippen molar-refractivity contribution in [3.05, 3.63) is 18.2 Å². The van der Waals surface area contributed by atoms with E-state index < -0.39 is 10.3 Å². The van der Waals surface area contributed by atoms with E-state index in [1.807, 2.05) is 0 Å². The number of nitrogens with two attached hydrogens (primary N) is 1. The molecule has 0 saturated heterocycles. The Balaban J connectivity index is 3.22. The predicted molar refractivity (Wildman–Crippen MR) is 53.3 cm³/mol. The first-order valence-corrected chi connectivity index (χ1v) is 5.38. The van der Waals surface area contributed by atoms with Gasteiger partial charge in [-0.15, -0.1) is 0 Å². The summed E-state index contributed by atoms with van der Waals surface area (Å²) < 4.78 is 35.9. The van der Waals surface area contributed by atoms with Crippen LogP contribution in [0.4, 0.5) is 0 Å². The number of hydrogen-bond donors (Lipinski definition) is 1. The summed E-state index contributed by atoms with van der Waals surface area (Å²) in [4.78, 5) is 0. The molecule has 0 atom stereocenters. The largest absolute Gasteiger partial charge is 0.493 e. The van der Waals surface area contributed by atoms with Crippen molar-refractivity contribution in [1.29, 1.82) is 0 Å². The smallest absolute Gasteiger partial charge is 0.380 e. The monoisotopic (exact) mass is 233 g/mol. The molecule has 0 amide bonds. The van der Waals surface area contributed by atoms with Crippen molar-refractivity contribution in [2.45, 2.75) is 0 Å². The van der Waals surface area contributed by atoms with Gasteiger partial charge in [0, 0.05) is 0 Å². The summed E-state index contributed by atoms with van der Waals surface area (Å²) in [6, 6.07) is 4.69. The van der Waals surface area contributed by atoms with Crippen molar-refractivity contribution in [2.24, 2.45) is 5.14 Å². The Hall–Kier alpha value is -1.47. The summed E-state index contributed by atoms with van der Waals surface area (Å²) >= 11 is 0. The van der Waals surface area contributed by atoms with Crippen LogP contribution in [0.15, 0.2) is 18.2 Å². The van der Waals surface area contributed by atoms with Gasteiger partial charge in [0.2, 0.25) is 5.75 Å². The van der Waals surface area contributed by atoms with Gasteiger partial charge in [-0.3, -0.25) is 0 Å². The zero-order valence-corrected chi connectivity index (χ0v) is 9.08. The Morgan fingerprint density at radius 2 is 1.60 bits per heavy atom. The fourth-order valence-corrected chi connectivity index (χ4v) is 1.41. The molecule has 15 heavy (non-hydrogen) atoms. The molecule has 0 radical (unpaired) electrons. The Bertz CT molecular complexity index is 420. The molecule has 7 heteroatoms. The third-order valence-corrected chi connectivity index (χ3v) is 1.98. The second kappa shape index (κ2) is 4.37. The van der Waals surface area contributed by atoms with Gasteiger partial charge in [0.15, 0.2) is 11.5 Å². The van der Waals surface area contributed by atoms with Crippen LogP contribution in [0.25, 0.3) is 0 Å². The molecule has 0 fully saturated rings. The summed E-state index contributed by atoms with van der Waals surface area (Å²) in [5, 5.41) is 4.75.